The number of rotatable bonds is 6. The molecule has 2 amide bonds. The highest BCUT2D eigenvalue weighted by molar-refractivity contribution is 6.46. The second kappa shape index (κ2) is 8.71. The molecule has 1 aliphatic rings. The number of hydrogen-bond donors (Lipinski definition) is 1. The highest BCUT2D eigenvalue weighted by atomic mass is 16.5. The number of ether oxygens (including phenoxy) is 1. The molecule has 0 saturated heterocycles. The largest absolute Gasteiger partial charge is 0.491 e. The van der Waals surface area contributed by atoms with E-state index in [0.717, 1.165) is 16.8 Å². The fourth-order valence-corrected chi connectivity index (χ4v) is 3.66. The summed E-state index contributed by atoms with van der Waals surface area (Å²) in [7, 11) is 0. The molecule has 0 radical (unpaired) electrons. The van der Waals surface area contributed by atoms with Crippen molar-refractivity contribution in [2.24, 2.45) is 0 Å². The number of amides is 2. The van der Waals surface area contributed by atoms with E-state index in [1.807, 2.05) is 76.2 Å². The molecule has 1 heterocycles. The van der Waals surface area contributed by atoms with E-state index in [1.54, 1.807) is 24.3 Å². The minimum Gasteiger partial charge on any atom is -0.491 e. The van der Waals surface area contributed by atoms with Crippen LogP contribution in [0.5, 0.6) is 5.75 Å². The van der Waals surface area contributed by atoms with Gasteiger partial charge in [-0.2, -0.15) is 0 Å². The van der Waals surface area contributed by atoms with Crippen molar-refractivity contribution in [3.8, 4) is 5.75 Å². The molecule has 0 atom stereocenters. The summed E-state index contributed by atoms with van der Waals surface area (Å²) >= 11 is 0. The molecule has 1 aliphatic heterocycles. The molecule has 0 aromatic heterocycles. The molecular formula is C27H26N2O3. The Morgan fingerprint density at radius 3 is 2.12 bits per heavy atom. The van der Waals surface area contributed by atoms with Gasteiger partial charge < -0.3 is 10.1 Å². The molecule has 0 bridgehead atoms. The van der Waals surface area contributed by atoms with Gasteiger partial charge in [-0.15, -0.1) is 0 Å². The predicted octanol–water partition coefficient (Wildman–Crippen LogP) is 5.49. The lowest BCUT2D eigenvalue weighted by atomic mass is 10.0. The van der Waals surface area contributed by atoms with Crippen molar-refractivity contribution in [2.75, 3.05) is 10.2 Å². The molecule has 3 aromatic carbocycles. The Balaban J connectivity index is 1.74. The Bertz CT molecular complexity index is 1200. The van der Waals surface area contributed by atoms with Gasteiger partial charge >= 0.3 is 0 Å². The van der Waals surface area contributed by atoms with Gasteiger partial charge in [0, 0.05) is 5.69 Å². The Morgan fingerprint density at radius 1 is 0.812 bits per heavy atom. The lowest BCUT2D eigenvalue weighted by molar-refractivity contribution is -0.120. The van der Waals surface area contributed by atoms with Crippen molar-refractivity contribution in [1.29, 1.82) is 0 Å². The second-order valence-electron chi connectivity index (χ2n) is 8.15. The summed E-state index contributed by atoms with van der Waals surface area (Å²) < 4.78 is 5.69. The maximum atomic E-state index is 13.5. The number of nitrogens with zero attached hydrogens (tertiary/aromatic N) is 1. The fraction of sp³-hybridized carbons (Fsp3) is 0.185. The van der Waals surface area contributed by atoms with E-state index in [9.17, 15) is 9.59 Å². The minimum atomic E-state index is -0.385. The van der Waals surface area contributed by atoms with Crippen molar-refractivity contribution >= 4 is 28.8 Å². The Morgan fingerprint density at radius 2 is 1.50 bits per heavy atom. The lowest BCUT2D eigenvalue weighted by Gasteiger charge is -2.17. The number of nitrogens with one attached hydrogen (secondary N) is 1. The average molecular weight is 427 g/mol. The third-order valence-corrected chi connectivity index (χ3v) is 5.39. The van der Waals surface area contributed by atoms with Gasteiger partial charge in [0.2, 0.25) is 0 Å². The molecule has 0 aliphatic carbocycles. The smallest absolute Gasteiger partial charge is 0.282 e. The zero-order chi connectivity index (χ0) is 22.8. The van der Waals surface area contributed by atoms with Gasteiger partial charge in [0.1, 0.15) is 11.4 Å². The van der Waals surface area contributed by atoms with Gasteiger partial charge in [-0.05, 0) is 80.8 Å². The van der Waals surface area contributed by atoms with Gasteiger partial charge in [0.05, 0.1) is 17.4 Å². The monoisotopic (exact) mass is 426 g/mol. The van der Waals surface area contributed by atoms with Crippen LogP contribution in [-0.4, -0.2) is 17.9 Å². The molecule has 0 fully saturated rings. The summed E-state index contributed by atoms with van der Waals surface area (Å²) in [6.45, 7) is 7.94. The number of anilines is 2. The number of aryl methyl sites for hydroxylation is 2. The average Bonchev–Trinajstić information content (AvgIpc) is 3.01. The van der Waals surface area contributed by atoms with Crippen molar-refractivity contribution in [3.05, 3.63) is 95.2 Å². The summed E-state index contributed by atoms with van der Waals surface area (Å²) in [4.78, 5) is 28.2. The zero-order valence-corrected chi connectivity index (χ0v) is 18.7. The van der Waals surface area contributed by atoms with Crippen LogP contribution in [0.4, 0.5) is 11.4 Å². The van der Waals surface area contributed by atoms with Crippen LogP contribution in [0.1, 0.15) is 30.5 Å². The molecule has 0 saturated carbocycles. The number of benzene rings is 3. The molecule has 1 N–H and O–H groups in total. The number of carbonyl (C=O) groups is 2. The van der Waals surface area contributed by atoms with Crippen LogP contribution >= 0.6 is 0 Å². The van der Waals surface area contributed by atoms with Crippen LogP contribution in [0.15, 0.2) is 78.5 Å². The van der Waals surface area contributed by atoms with Gasteiger partial charge in [-0.25, -0.2) is 4.90 Å². The van der Waals surface area contributed by atoms with E-state index in [2.05, 4.69) is 5.32 Å². The molecule has 3 aromatic rings. The van der Waals surface area contributed by atoms with Gasteiger partial charge in [0.15, 0.2) is 0 Å². The van der Waals surface area contributed by atoms with Crippen LogP contribution in [0.3, 0.4) is 0 Å². The summed E-state index contributed by atoms with van der Waals surface area (Å²) in [5.41, 5.74) is 4.85. The van der Waals surface area contributed by atoms with E-state index in [0.29, 0.717) is 22.6 Å². The highest BCUT2D eigenvalue weighted by Crippen LogP contribution is 2.34. The van der Waals surface area contributed by atoms with Crippen molar-refractivity contribution < 1.29 is 14.3 Å². The molecule has 162 valence electrons. The van der Waals surface area contributed by atoms with E-state index in [-0.39, 0.29) is 23.6 Å². The first-order valence-corrected chi connectivity index (χ1v) is 10.6. The number of imide groups is 1. The molecule has 4 rings (SSSR count). The quantitative estimate of drug-likeness (QED) is 0.530. The Kier molecular flexibility index (Phi) is 5.82. The van der Waals surface area contributed by atoms with Gasteiger partial charge in [-0.3, -0.25) is 9.59 Å². The van der Waals surface area contributed by atoms with Crippen molar-refractivity contribution in [3.63, 3.8) is 0 Å². The van der Waals surface area contributed by atoms with E-state index < -0.39 is 0 Å². The molecule has 5 heteroatoms. The van der Waals surface area contributed by atoms with Crippen molar-refractivity contribution in [1.82, 2.24) is 0 Å². The zero-order valence-electron chi connectivity index (χ0n) is 18.7. The second-order valence-corrected chi connectivity index (χ2v) is 8.15. The standard InChI is InChI=1S/C27H26N2O3/c1-17(2)32-23-14-12-22(13-15-23)29-26(30)24(20-8-6-5-7-9-20)25(27(29)31)28-21-11-10-18(3)19(4)16-21/h5-17,28H,1-4H3. The maximum absolute atomic E-state index is 13.5. The van der Waals surface area contributed by atoms with Crippen LogP contribution in [0, 0.1) is 13.8 Å². The summed E-state index contributed by atoms with van der Waals surface area (Å²) in [5, 5.41) is 3.22. The van der Waals surface area contributed by atoms with E-state index in [1.165, 1.54) is 4.90 Å². The maximum Gasteiger partial charge on any atom is 0.282 e. The first kappa shape index (κ1) is 21.4. The molecule has 5 nitrogen and oxygen atoms in total. The van der Waals surface area contributed by atoms with Crippen LogP contribution in [0.25, 0.3) is 5.57 Å². The SMILES string of the molecule is Cc1ccc(NC2=C(c3ccccc3)C(=O)N(c3ccc(OC(C)C)cc3)C2=O)cc1C. The lowest BCUT2D eigenvalue weighted by Crippen LogP contribution is -2.32. The first-order valence-electron chi connectivity index (χ1n) is 10.6. The third kappa shape index (κ3) is 4.14. The molecule has 0 unspecified atom stereocenters. The van der Waals surface area contributed by atoms with Crippen LogP contribution < -0.4 is 15.0 Å². The van der Waals surface area contributed by atoms with Crippen LogP contribution in [0.2, 0.25) is 0 Å². The summed E-state index contributed by atoms with van der Waals surface area (Å²) in [5.74, 6) is -0.0535. The van der Waals surface area contributed by atoms with Gasteiger partial charge in [0.25, 0.3) is 11.8 Å². The first-order chi connectivity index (χ1) is 15.3. The molecule has 32 heavy (non-hydrogen) atoms. The molecule has 0 spiro atoms. The topological polar surface area (TPSA) is 58.6 Å². The van der Waals surface area contributed by atoms with Crippen molar-refractivity contribution in [2.45, 2.75) is 33.8 Å². The van der Waals surface area contributed by atoms with Crippen LogP contribution in [-0.2, 0) is 9.59 Å². The predicted molar refractivity (Wildman–Crippen MR) is 128 cm³/mol. The highest BCUT2D eigenvalue weighted by Gasteiger charge is 2.40. The summed E-state index contributed by atoms with van der Waals surface area (Å²) in [6, 6.07) is 22.2. The minimum absolute atomic E-state index is 0.0380. The normalized spacial score (nSPS) is 13.8. The Labute approximate surface area is 188 Å². The summed E-state index contributed by atoms with van der Waals surface area (Å²) in [6.07, 6.45) is 0.0380. The van der Waals surface area contributed by atoms with Gasteiger partial charge in [-0.1, -0.05) is 36.4 Å². The third-order valence-electron chi connectivity index (χ3n) is 5.39. The van der Waals surface area contributed by atoms with E-state index >= 15 is 0 Å². The molecular weight excluding hydrogens is 400 g/mol. The number of carbonyl (C=O) groups excluding carboxylic acids is 2. The fourth-order valence-electron chi connectivity index (χ4n) is 3.66. The van der Waals surface area contributed by atoms with E-state index in [4.69, 9.17) is 4.74 Å². The number of hydrogen-bond acceptors (Lipinski definition) is 4. The Hall–Kier alpha value is -3.86.